The molecule has 0 aliphatic carbocycles. The van der Waals surface area contributed by atoms with Gasteiger partial charge in [0.05, 0.1) is 26.4 Å². The van der Waals surface area contributed by atoms with Gasteiger partial charge in [0.1, 0.15) is 17.3 Å². The van der Waals surface area contributed by atoms with Crippen LogP contribution in [-0.2, 0) is 14.2 Å². The quantitative estimate of drug-likeness (QED) is 0.774. The first-order chi connectivity index (χ1) is 12.2. The maximum atomic E-state index is 12.7. The van der Waals surface area contributed by atoms with Gasteiger partial charge in [0, 0.05) is 45.1 Å². The molecule has 8 heteroatoms. The second-order valence-corrected chi connectivity index (χ2v) is 6.66. The van der Waals surface area contributed by atoms with Gasteiger partial charge in [-0.1, -0.05) is 0 Å². The van der Waals surface area contributed by atoms with Gasteiger partial charge in [-0.25, -0.2) is 9.97 Å². The molecule has 3 aliphatic rings. The molecule has 3 aliphatic heterocycles. The van der Waals surface area contributed by atoms with E-state index in [4.69, 9.17) is 14.2 Å². The monoisotopic (exact) mass is 348 g/mol. The Balaban J connectivity index is 1.49. The van der Waals surface area contributed by atoms with Gasteiger partial charge in [-0.15, -0.1) is 0 Å². The maximum absolute atomic E-state index is 12.7. The molecule has 0 atom stereocenters. The van der Waals surface area contributed by atoms with Crippen LogP contribution in [-0.4, -0.2) is 79.2 Å². The van der Waals surface area contributed by atoms with Crippen LogP contribution in [0.15, 0.2) is 6.07 Å². The highest BCUT2D eigenvalue weighted by Gasteiger charge is 2.40. The van der Waals surface area contributed by atoms with Gasteiger partial charge in [0.2, 0.25) is 0 Å². The number of piperidine rings is 1. The summed E-state index contributed by atoms with van der Waals surface area (Å²) in [5.41, 5.74) is 0.457. The van der Waals surface area contributed by atoms with Gasteiger partial charge < -0.3 is 24.0 Å². The van der Waals surface area contributed by atoms with Crippen LogP contribution in [0, 0.1) is 6.92 Å². The minimum Gasteiger partial charge on any atom is -0.378 e. The van der Waals surface area contributed by atoms with Crippen LogP contribution in [0.25, 0.3) is 0 Å². The molecule has 25 heavy (non-hydrogen) atoms. The number of amides is 1. The molecule has 3 fully saturated rings. The predicted molar refractivity (Wildman–Crippen MR) is 89.6 cm³/mol. The lowest BCUT2D eigenvalue weighted by molar-refractivity contribution is -0.169. The molecule has 8 nitrogen and oxygen atoms in total. The van der Waals surface area contributed by atoms with E-state index in [-0.39, 0.29) is 5.91 Å². The van der Waals surface area contributed by atoms with Gasteiger partial charge in [-0.2, -0.15) is 0 Å². The summed E-state index contributed by atoms with van der Waals surface area (Å²) < 4.78 is 16.9. The zero-order valence-corrected chi connectivity index (χ0v) is 14.6. The lowest BCUT2D eigenvalue weighted by Gasteiger charge is -2.38. The first-order valence-corrected chi connectivity index (χ1v) is 8.91. The van der Waals surface area contributed by atoms with Crippen molar-refractivity contribution in [2.45, 2.75) is 25.6 Å². The summed E-state index contributed by atoms with van der Waals surface area (Å²) >= 11 is 0. The van der Waals surface area contributed by atoms with Crippen molar-refractivity contribution in [1.82, 2.24) is 14.9 Å². The van der Waals surface area contributed by atoms with E-state index in [1.165, 1.54) is 0 Å². The van der Waals surface area contributed by atoms with Crippen LogP contribution < -0.4 is 4.90 Å². The van der Waals surface area contributed by atoms with Crippen LogP contribution in [0.1, 0.15) is 29.2 Å². The largest absolute Gasteiger partial charge is 0.378 e. The SMILES string of the molecule is Cc1nc(C(=O)N2CCOCC2)cc(N2CCC3(CC2)OCCO3)n1. The van der Waals surface area contributed by atoms with E-state index in [1.807, 2.05) is 6.92 Å². The van der Waals surface area contributed by atoms with Gasteiger partial charge in [0.25, 0.3) is 5.91 Å². The fourth-order valence-corrected chi connectivity index (χ4v) is 3.61. The highest BCUT2D eigenvalue weighted by Crippen LogP contribution is 2.32. The summed E-state index contributed by atoms with van der Waals surface area (Å²) in [5, 5.41) is 0. The van der Waals surface area contributed by atoms with Crippen molar-refractivity contribution in [2.24, 2.45) is 0 Å². The lowest BCUT2D eigenvalue weighted by atomic mass is 10.0. The Morgan fingerprint density at radius 1 is 1.04 bits per heavy atom. The van der Waals surface area contributed by atoms with E-state index in [0.29, 0.717) is 51.0 Å². The Morgan fingerprint density at radius 2 is 1.72 bits per heavy atom. The second-order valence-electron chi connectivity index (χ2n) is 6.66. The summed E-state index contributed by atoms with van der Waals surface area (Å²) in [4.78, 5) is 25.6. The van der Waals surface area contributed by atoms with E-state index in [2.05, 4.69) is 14.9 Å². The molecular weight excluding hydrogens is 324 g/mol. The average Bonchev–Trinajstić information content (AvgIpc) is 3.10. The number of carbonyl (C=O) groups is 1. The van der Waals surface area contributed by atoms with E-state index < -0.39 is 5.79 Å². The Kier molecular flexibility index (Phi) is 4.58. The van der Waals surface area contributed by atoms with E-state index >= 15 is 0 Å². The second kappa shape index (κ2) is 6.86. The van der Waals surface area contributed by atoms with Gasteiger partial charge >= 0.3 is 0 Å². The number of hydrogen-bond acceptors (Lipinski definition) is 7. The molecule has 0 aromatic carbocycles. The Labute approximate surface area is 147 Å². The average molecular weight is 348 g/mol. The number of aryl methyl sites for hydroxylation is 1. The molecule has 3 saturated heterocycles. The molecule has 0 radical (unpaired) electrons. The number of ether oxygens (including phenoxy) is 3. The molecule has 0 bridgehead atoms. The third-order valence-electron chi connectivity index (χ3n) is 5.00. The third-order valence-corrected chi connectivity index (χ3v) is 5.00. The van der Waals surface area contributed by atoms with Crippen molar-refractivity contribution in [2.75, 3.05) is 57.5 Å². The van der Waals surface area contributed by atoms with Crippen LogP contribution >= 0.6 is 0 Å². The normalized spacial score (nSPS) is 23.2. The van der Waals surface area contributed by atoms with E-state index in [9.17, 15) is 4.79 Å². The number of anilines is 1. The van der Waals surface area contributed by atoms with Crippen molar-refractivity contribution in [3.05, 3.63) is 17.6 Å². The number of nitrogens with zero attached hydrogens (tertiary/aromatic N) is 4. The first-order valence-electron chi connectivity index (χ1n) is 8.91. The van der Waals surface area contributed by atoms with Gasteiger partial charge in [-0.05, 0) is 6.92 Å². The Bertz CT molecular complexity index is 632. The van der Waals surface area contributed by atoms with E-state index in [0.717, 1.165) is 31.7 Å². The molecule has 136 valence electrons. The molecule has 1 spiro atoms. The lowest BCUT2D eigenvalue weighted by Crippen LogP contribution is -2.45. The molecular formula is C17H24N4O4. The fraction of sp³-hybridized carbons (Fsp3) is 0.706. The summed E-state index contributed by atoms with van der Waals surface area (Å²) in [6, 6.07) is 1.80. The summed E-state index contributed by atoms with van der Waals surface area (Å²) in [6.45, 7) is 7.14. The number of morpholine rings is 1. The molecule has 1 aromatic rings. The van der Waals surface area contributed by atoms with Crippen LogP contribution in [0.5, 0.6) is 0 Å². The minimum atomic E-state index is -0.412. The predicted octanol–water partition coefficient (Wildman–Crippen LogP) is 0.601. The number of aromatic nitrogens is 2. The Morgan fingerprint density at radius 3 is 2.40 bits per heavy atom. The van der Waals surface area contributed by atoms with Crippen molar-refractivity contribution < 1.29 is 19.0 Å². The van der Waals surface area contributed by atoms with Gasteiger partial charge in [-0.3, -0.25) is 4.79 Å². The molecule has 0 N–H and O–H groups in total. The topological polar surface area (TPSA) is 77.0 Å². The zero-order valence-electron chi connectivity index (χ0n) is 14.6. The number of rotatable bonds is 2. The van der Waals surface area contributed by atoms with Crippen molar-refractivity contribution in [3.8, 4) is 0 Å². The van der Waals surface area contributed by atoms with Crippen LogP contribution in [0.2, 0.25) is 0 Å². The molecule has 1 amide bonds. The highest BCUT2D eigenvalue weighted by molar-refractivity contribution is 5.93. The summed E-state index contributed by atoms with van der Waals surface area (Å²) in [6.07, 6.45) is 1.62. The maximum Gasteiger partial charge on any atom is 0.272 e. The van der Waals surface area contributed by atoms with Crippen molar-refractivity contribution in [3.63, 3.8) is 0 Å². The standard InChI is InChI=1S/C17H24N4O4/c1-13-18-14(16(22)21-6-8-23-9-7-21)12-15(19-13)20-4-2-17(3-5-20)24-10-11-25-17/h12H,2-11H2,1H3. The number of hydrogen-bond donors (Lipinski definition) is 0. The third kappa shape index (κ3) is 3.47. The Hall–Kier alpha value is -1.77. The highest BCUT2D eigenvalue weighted by atomic mass is 16.7. The molecule has 4 rings (SSSR count). The molecule has 1 aromatic heterocycles. The fourth-order valence-electron chi connectivity index (χ4n) is 3.61. The van der Waals surface area contributed by atoms with Crippen LogP contribution in [0.3, 0.4) is 0 Å². The van der Waals surface area contributed by atoms with E-state index in [1.54, 1.807) is 11.0 Å². The minimum absolute atomic E-state index is 0.0500. The summed E-state index contributed by atoms with van der Waals surface area (Å²) in [7, 11) is 0. The number of carbonyl (C=O) groups excluding carboxylic acids is 1. The van der Waals surface area contributed by atoms with Crippen LogP contribution in [0.4, 0.5) is 5.82 Å². The van der Waals surface area contributed by atoms with Gasteiger partial charge in [0.15, 0.2) is 5.79 Å². The van der Waals surface area contributed by atoms with Crippen molar-refractivity contribution >= 4 is 11.7 Å². The molecule has 4 heterocycles. The molecule has 0 unspecified atom stereocenters. The first kappa shape index (κ1) is 16.7. The van der Waals surface area contributed by atoms with Crippen molar-refractivity contribution in [1.29, 1.82) is 0 Å². The smallest absolute Gasteiger partial charge is 0.272 e. The molecule has 0 saturated carbocycles. The summed E-state index contributed by atoms with van der Waals surface area (Å²) in [5.74, 6) is 0.955. The zero-order chi connectivity index (χ0) is 17.3.